The Labute approximate surface area is 183 Å². The molecule has 3 rings (SSSR count). The van der Waals surface area contributed by atoms with Crippen LogP contribution in [0, 0.1) is 0 Å². The van der Waals surface area contributed by atoms with E-state index in [0.717, 1.165) is 11.3 Å². The maximum atomic E-state index is 13.3. The van der Waals surface area contributed by atoms with Gasteiger partial charge in [-0.1, -0.05) is 12.1 Å². The van der Waals surface area contributed by atoms with Crippen molar-refractivity contribution in [1.29, 1.82) is 0 Å². The second-order valence-electron chi connectivity index (χ2n) is 7.29. The minimum atomic E-state index is -3.88. The fraction of sp³-hybridized carbons (Fsp3) is 0.409. The van der Waals surface area contributed by atoms with E-state index < -0.39 is 16.1 Å². The van der Waals surface area contributed by atoms with E-state index in [-0.39, 0.29) is 23.4 Å². The first-order chi connectivity index (χ1) is 14.8. The number of hydrogen-bond acceptors (Lipinski definition) is 6. The summed E-state index contributed by atoms with van der Waals surface area (Å²) in [5.41, 5.74) is 0.904. The van der Waals surface area contributed by atoms with Crippen molar-refractivity contribution in [2.24, 2.45) is 0 Å². The summed E-state index contributed by atoms with van der Waals surface area (Å²) in [6.45, 7) is 2.15. The van der Waals surface area contributed by atoms with E-state index in [1.807, 2.05) is 31.2 Å². The van der Waals surface area contributed by atoms with Crippen LogP contribution in [-0.2, 0) is 14.8 Å². The van der Waals surface area contributed by atoms with Gasteiger partial charge in [-0.15, -0.1) is 0 Å². The molecule has 0 aliphatic carbocycles. The summed E-state index contributed by atoms with van der Waals surface area (Å²) in [7, 11) is 0.640. The first-order valence-corrected chi connectivity index (χ1v) is 11.4. The maximum Gasteiger partial charge on any atom is 0.243 e. The number of nitrogens with one attached hydrogen (secondary N) is 1. The van der Waals surface area contributed by atoms with Crippen LogP contribution >= 0.6 is 0 Å². The molecule has 0 saturated carbocycles. The Balaban J connectivity index is 1.78. The van der Waals surface area contributed by atoms with Crippen molar-refractivity contribution in [2.75, 3.05) is 27.9 Å². The lowest BCUT2D eigenvalue weighted by Gasteiger charge is -2.25. The molecular weight excluding hydrogens is 420 g/mol. The van der Waals surface area contributed by atoms with Crippen LogP contribution < -0.4 is 19.5 Å². The first-order valence-electron chi connectivity index (χ1n) is 10.00. The lowest BCUT2D eigenvalue weighted by atomic mass is 10.1. The van der Waals surface area contributed by atoms with Crippen molar-refractivity contribution >= 4 is 15.9 Å². The normalized spacial score (nSPS) is 17.7. The number of benzene rings is 2. The van der Waals surface area contributed by atoms with Crippen LogP contribution in [0.3, 0.4) is 0 Å². The largest absolute Gasteiger partial charge is 0.497 e. The van der Waals surface area contributed by atoms with Gasteiger partial charge in [-0.05, 0) is 49.6 Å². The molecule has 0 spiro atoms. The van der Waals surface area contributed by atoms with Gasteiger partial charge in [0.15, 0.2) is 11.5 Å². The minimum absolute atomic E-state index is 0.0630. The Hall–Kier alpha value is -2.78. The molecule has 1 aliphatic heterocycles. The minimum Gasteiger partial charge on any atom is -0.497 e. The van der Waals surface area contributed by atoms with E-state index in [1.165, 1.54) is 30.7 Å². The zero-order valence-corrected chi connectivity index (χ0v) is 18.9. The van der Waals surface area contributed by atoms with Gasteiger partial charge in [-0.25, -0.2) is 8.42 Å². The molecule has 1 amide bonds. The summed E-state index contributed by atoms with van der Waals surface area (Å²) in [6, 6.07) is 10.8. The van der Waals surface area contributed by atoms with Gasteiger partial charge in [-0.3, -0.25) is 4.79 Å². The smallest absolute Gasteiger partial charge is 0.243 e. The molecule has 0 aromatic heterocycles. The van der Waals surface area contributed by atoms with E-state index in [1.54, 1.807) is 13.2 Å². The fourth-order valence-electron chi connectivity index (χ4n) is 3.69. The van der Waals surface area contributed by atoms with Crippen LogP contribution in [0.5, 0.6) is 17.2 Å². The molecule has 2 atom stereocenters. The van der Waals surface area contributed by atoms with Crippen molar-refractivity contribution < 1.29 is 27.4 Å². The van der Waals surface area contributed by atoms with Crippen molar-refractivity contribution in [3.63, 3.8) is 0 Å². The van der Waals surface area contributed by atoms with Gasteiger partial charge in [0.2, 0.25) is 15.9 Å². The van der Waals surface area contributed by atoms with Crippen LogP contribution in [0.15, 0.2) is 47.4 Å². The van der Waals surface area contributed by atoms with Gasteiger partial charge in [0.25, 0.3) is 0 Å². The molecule has 2 unspecified atom stereocenters. The molecule has 0 radical (unpaired) electrons. The number of methoxy groups -OCH3 is 3. The van der Waals surface area contributed by atoms with E-state index in [2.05, 4.69) is 5.32 Å². The van der Waals surface area contributed by atoms with E-state index in [0.29, 0.717) is 24.3 Å². The lowest BCUT2D eigenvalue weighted by Crippen LogP contribution is -2.46. The van der Waals surface area contributed by atoms with Crippen molar-refractivity contribution in [2.45, 2.75) is 36.7 Å². The molecule has 1 heterocycles. The molecule has 1 aliphatic rings. The van der Waals surface area contributed by atoms with E-state index in [4.69, 9.17) is 14.2 Å². The van der Waals surface area contributed by atoms with Crippen molar-refractivity contribution in [3.8, 4) is 17.2 Å². The highest BCUT2D eigenvalue weighted by Gasteiger charge is 2.40. The van der Waals surface area contributed by atoms with Gasteiger partial charge >= 0.3 is 0 Å². The highest BCUT2D eigenvalue weighted by atomic mass is 32.2. The summed E-state index contributed by atoms with van der Waals surface area (Å²) < 4.78 is 43.4. The van der Waals surface area contributed by atoms with Gasteiger partial charge in [0.05, 0.1) is 32.3 Å². The van der Waals surface area contributed by atoms with Crippen molar-refractivity contribution in [3.05, 3.63) is 48.0 Å². The monoisotopic (exact) mass is 448 g/mol. The molecule has 0 bridgehead atoms. The number of carbonyl (C=O) groups is 1. The average molecular weight is 449 g/mol. The molecule has 1 N–H and O–H groups in total. The standard InChI is InChI=1S/C22H28N2O6S/c1-15(16-7-9-17(28-2)10-8-16)23-22(25)19-6-5-13-24(19)31(26,27)18-11-12-20(29-3)21(14-18)30-4/h7-12,14-15,19H,5-6,13H2,1-4H3,(H,23,25). The number of carbonyl (C=O) groups excluding carboxylic acids is 1. The Morgan fingerprint density at radius 1 is 1.03 bits per heavy atom. The quantitative estimate of drug-likeness (QED) is 0.667. The second-order valence-corrected chi connectivity index (χ2v) is 9.18. The van der Waals surface area contributed by atoms with Crippen LogP contribution in [0.4, 0.5) is 0 Å². The third kappa shape index (κ3) is 4.77. The zero-order chi connectivity index (χ0) is 22.6. The molecule has 1 fully saturated rings. The van der Waals surface area contributed by atoms with Crippen molar-refractivity contribution in [1.82, 2.24) is 9.62 Å². The Morgan fingerprint density at radius 2 is 1.71 bits per heavy atom. The lowest BCUT2D eigenvalue weighted by molar-refractivity contribution is -0.124. The van der Waals surface area contributed by atoms with E-state index >= 15 is 0 Å². The number of ether oxygens (including phenoxy) is 3. The van der Waals surface area contributed by atoms with Gasteiger partial charge in [0.1, 0.15) is 11.8 Å². The molecule has 2 aromatic rings. The van der Waals surface area contributed by atoms with Gasteiger partial charge < -0.3 is 19.5 Å². The predicted octanol–water partition coefficient (Wildman–Crippen LogP) is 2.74. The molecular formula is C22H28N2O6S. The zero-order valence-electron chi connectivity index (χ0n) is 18.1. The second kappa shape index (κ2) is 9.57. The third-order valence-corrected chi connectivity index (χ3v) is 7.35. The predicted molar refractivity (Wildman–Crippen MR) is 116 cm³/mol. The van der Waals surface area contributed by atoms with Gasteiger partial charge in [0, 0.05) is 12.6 Å². The molecule has 168 valence electrons. The Bertz CT molecular complexity index is 1020. The molecule has 1 saturated heterocycles. The Morgan fingerprint density at radius 3 is 2.32 bits per heavy atom. The number of sulfonamides is 1. The van der Waals surface area contributed by atoms with Crippen LogP contribution in [0.2, 0.25) is 0 Å². The number of hydrogen-bond donors (Lipinski definition) is 1. The highest BCUT2D eigenvalue weighted by molar-refractivity contribution is 7.89. The van der Waals surface area contributed by atoms with Crippen LogP contribution in [0.1, 0.15) is 31.4 Å². The molecule has 2 aromatic carbocycles. The number of nitrogens with zero attached hydrogens (tertiary/aromatic N) is 1. The van der Waals surface area contributed by atoms with E-state index in [9.17, 15) is 13.2 Å². The fourth-order valence-corrected chi connectivity index (χ4v) is 5.36. The number of rotatable bonds is 8. The third-order valence-electron chi connectivity index (χ3n) is 5.44. The summed E-state index contributed by atoms with van der Waals surface area (Å²) in [4.78, 5) is 13.0. The molecule has 31 heavy (non-hydrogen) atoms. The summed E-state index contributed by atoms with van der Waals surface area (Å²) in [6.07, 6.45) is 1.08. The van der Waals surface area contributed by atoms with Crippen LogP contribution in [0.25, 0.3) is 0 Å². The average Bonchev–Trinajstić information content (AvgIpc) is 3.29. The number of amides is 1. The SMILES string of the molecule is COc1ccc(C(C)NC(=O)C2CCCN2S(=O)(=O)c2ccc(OC)c(OC)c2)cc1. The Kier molecular flexibility index (Phi) is 7.07. The topological polar surface area (TPSA) is 94.2 Å². The first kappa shape index (κ1) is 22.9. The maximum absolute atomic E-state index is 13.3. The summed E-state index contributed by atoms with van der Waals surface area (Å²) >= 11 is 0. The summed E-state index contributed by atoms with van der Waals surface area (Å²) in [5.74, 6) is 1.16. The van der Waals surface area contributed by atoms with Crippen LogP contribution in [-0.4, -0.2) is 52.5 Å². The molecule has 8 nitrogen and oxygen atoms in total. The highest BCUT2D eigenvalue weighted by Crippen LogP contribution is 2.33. The summed E-state index contributed by atoms with van der Waals surface area (Å²) in [5, 5.41) is 2.94. The molecule has 9 heteroatoms. The van der Waals surface area contributed by atoms with Gasteiger partial charge in [-0.2, -0.15) is 4.31 Å².